The van der Waals surface area contributed by atoms with E-state index in [-0.39, 0.29) is 32.1 Å². The molecule has 0 aliphatic heterocycles. The summed E-state index contributed by atoms with van der Waals surface area (Å²) in [5, 5.41) is 28.6. The fraction of sp³-hybridized carbons (Fsp3) is 0.800. The number of aliphatic hydroxyl groups is 2. The summed E-state index contributed by atoms with van der Waals surface area (Å²) in [6.45, 7) is 2.63. The van der Waals surface area contributed by atoms with Crippen LogP contribution in [0.15, 0.2) is 0 Å². The molecule has 0 aromatic carbocycles. The number of carboxylic acid groups (broad SMARTS) is 1. The summed E-state index contributed by atoms with van der Waals surface area (Å²) >= 11 is 0. The molecule has 0 saturated carbocycles. The third-order valence-corrected chi connectivity index (χ3v) is 2.13. The van der Waals surface area contributed by atoms with E-state index in [2.05, 4.69) is 5.32 Å². The van der Waals surface area contributed by atoms with E-state index in [1.54, 1.807) is 0 Å². The first-order valence-electron chi connectivity index (χ1n) is 5.57. The van der Waals surface area contributed by atoms with Crippen molar-refractivity contribution in [2.75, 3.05) is 26.2 Å². The number of urea groups is 1. The van der Waals surface area contributed by atoms with Crippen molar-refractivity contribution in [1.82, 2.24) is 10.2 Å². The van der Waals surface area contributed by atoms with Crippen LogP contribution < -0.4 is 5.32 Å². The number of carbonyl (C=O) groups is 2. The van der Waals surface area contributed by atoms with E-state index in [0.29, 0.717) is 6.54 Å². The summed E-state index contributed by atoms with van der Waals surface area (Å²) < 4.78 is 0. The molecule has 1 atom stereocenters. The van der Waals surface area contributed by atoms with Crippen LogP contribution in [0.1, 0.15) is 19.8 Å². The van der Waals surface area contributed by atoms with Crippen LogP contribution in [0.3, 0.4) is 0 Å². The molecule has 2 amide bonds. The van der Waals surface area contributed by atoms with Gasteiger partial charge in [0.05, 0.1) is 6.61 Å². The van der Waals surface area contributed by atoms with Gasteiger partial charge < -0.3 is 25.5 Å². The Balaban J connectivity index is 3.92. The minimum atomic E-state index is -1.47. The maximum absolute atomic E-state index is 11.5. The van der Waals surface area contributed by atoms with Gasteiger partial charge >= 0.3 is 12.0 Å². The topological polar surface area (TPSA) is 110 Å². The van der Waals surface area contributed by atoms with Crippen molar-refractivity contribution in [1.29, 1.82) is 0 Å². The van der Waals surface area contributed by atoms with Crippen molar-refractivity contribution >= 4 is 12.0 Å². The predicted molar refractivity (Wildman–Crippen MR) is 60.6 cm³/mol. The number of hydrogen-bond acceptors (Lipinski definition) is 4. The van der Waals surface area contributed by atoms with Gasteiger partial charge in [0.15, 0.2) is 6.10 Å². The lowest BCUT2D eigenvalue weighted by atomic mass is 10.2. The molecule has 7 nitrogen and oxygen atoms in total. The van der Waals surface area contributed by atoms with Crippen LogP contribution in [0.5, 0.6) is 0 Å². The summed E-state index contributed by atoms with van der Waals surface area (Å²) in [6.07, 6.45) is -0.738. The molecule has 17 heavy (non-hydrogen) atoms. The monoisotopic (exact) mass is 248 g/mol. The van der Waals surface area contributed by atoms with Crippen LogP contribution in [-0.4, -0.2) is 64.6 Å². The van der Waals surface area contributed by atoms with Crippen LogP contribution in [0.2, 0.25) is 0 Å². The van der Waals surface area contributed by atoms with Gasteiger partial charge in [0.25, 0.3) is 0 Å². The van der Waals surface area contributed by atoms with Crippen LogP contribution >= 0.6 is 0 Å². The summed E-state index contributed by atoms with van der Waals surface area (Å²) in [4.78, 5) is 23.3. The first kappa shape index (κ1) is 15.7. The van der Waals surface area contributed by atoms with Gasteiger partial charge in [-0.15, -0.1) is 0 Å². The smallest absolute Gasteiger partial charge is 0.332 e. The fourth-order valence-corrected chi connectivity index (χ4v) is 1.26. The molecule has 0 aromatic rings. The van der Waals surface area contributed by atoms with Gasteiger partial charge in [0, 0.05) is 26.1 Å². The number of nitrogens with one attached hydrogen (secondary N) is 1. The number of carboxylic acids is 1. The molecule has 100 valence electrons. The Morgan fingerprint density at radius 3 is 2.47 bits per heavy atom. The Hall–Kier alpha value is -1.34. The molecule has 7 heteroatoms. The number of amides is 2. The molecule has 0 bridgehead atoms. The van der Waals surface area contributed by atoms with E-state index < -0.39 is 12.1 Å². The molecule has 0 saturated heterocycles. The summed E-state index contributed by atoms with van der Waals surface area (Å²) in [7, 11) is 0. The maximum Gasteiger partial charge on any atom is 0.332 e. The zero-order valence-electron chi connectivity index (χ0n) is 9.93. The first-order chi connectivity index (χ1) is 8.02. The van der Waals surface area contributed by atoms with Crippen molar-refractivity contribution in [3.63, 3.8) is 0 Å². The third kappa shape index (κ3) is 6.75. The highest BCUT2D eigenvalue weighted by Crippen LogP contribution is 1.94. The molecule has 0 rings (SSSR count). The van der Waals surface area contributed by atoms with Gasteiger partial charge in [-0.2, -0.15) is 0 Å². The number of hydrogen-bond donors (Lipinski definition) is 4. The molecule has 0 aliphatic rings. The number of rotatable bonds is 8. The zero-order chi connectivity index (χ0) is 13.3. The van der Waals surface area contributed by atoms with Gasteiger partial charge in [-0.1, -0.05) is 6.92 Å². The van der Waals surface area contributed by atoms with Crippen LogP contribution in [0.25, 0.3) is 0 Å². The number of nitrogens with zero attached hydrogens (tertiary/aromatic N) is 1. The number of aliphatic carboxylic acids is 1. The van der Waals surface area contributed by atoms with E-state index in [1.165, 1.54) is 4.90 Å². The highest BCUT2D eigenvalue weighted by Gasteiger charge is 2.15. The Labute approximate surface area is 100 Å². The van der Waals surface area contributed by atoms with Crippen LogP contribution in [0, 0.1) is 0 Å². The van der Waals surface area contributed by atoms with E-state index in [0.717, 1.165) is 6.42 Å². The Kier molecular flexibility index (Phi) is 8.08. The van der Waals surface area contributed by atoms with Gasteiger partial charge in [0.1, 0.15) is 0 Å². The molecule has 0 aromatic heterocycles. The summed E-state index contributed by atoms with van der Waals surface area (Å²) in [5.41, 5.74) is 0. The van der Waals surface area contributed by atoms with Gasteiger partial charge in [-0.3, -0.25) is 0 Å². The van der Waals surface area contributed by atoms with E-state index in [9.17, 15) is 9.59 Å². The Morgan fingerprint density at radius 1 is 1.35 bits per heavy atom. The second-order valence-electron chi connectivity index (χ2n) is 3.59. The quantitative estimate of drug-likeness (QED) is 0.451. The normalized spacial score (nSPS) is 11.9. The minimum Gasteiger partial charge on any atom is -0.479 e. The van der Waals surface area contributed by atoms with Crippen LogP contribution in [-0.2, 0) is 4.79 Å². The minimum absolute atomic E-state index is 0.0415. The Morgan fingerprint density at radius 2 is 2.00 bits per heavy atom. The van der Waals surface area contributed by atoms with Crippen molar-refractivity contribution in [3.05, 3.63) is 0 Å². The van der Waals surface area contributed by atoms with Gasteiger partial charge in [-0.25, -0.2) is 9.59 Å². The summed E-state index contributed by atoms with van der Waals surface area (Å²) in [5.74, 6) is -1.31. The molecular weight excluding hydrogens is 228 g/mol. The van der Waals surface area contributed by atoms with E-state index >= 15 is 0 Å². The second-order valence-corrected chi connectivity index (χ2v) is 3.59. The second kappa shape index (κ2) is 8.77. The summed E-state index contributed by atoms with van der Waals surface area (Å²) in [6, 6.07) is -0.363. The molecule has 0 spiro atoms. The van der Waals surface area contributed by atoms with Crippen molar-refractivity contribution < 1.29 is 24.9 Å². The van der Waals surface area contributed by atoms with Crippen LogP contribution in [0.4, 0.5) is 4.79 Å². The van der Waals surface area contributed by atoms with Crippen molar-refractivity contribution in [3.8, 4) is 0 Å². The molecule has 0 aliphatic carbocycles. The van der Waals surface area contributed by atoms with E-state index in [4.69, 9.17) is 15.3 Å². The predicted octanol–water partition coefficient (Wildman–Crippen LogP) is -0.764. The highest BCUT2D eigenvalue weighted by atomic mass is 16.4. The lowest BCUT2D eigenvalue weighted by Crippen LogP contribution is -2.43. The highest BCUT2D eigenvalue weighted by molar-refractivity contribution is 5.74. The maximum atomic E-state index is 11.5. The lowest BCUT2D eigenvalue weighted by molar-refractivity contribution is -0.146. The third-order valence-electron chi connectivity index (χ3n) is 2.13. The molecule has 1 unspecified atom stereocenters. The van der Waals surface area contributed by atoms with Crippen molar-refractivity contribution in [2.45, 2.75) is 25.9 Å². The first-order valence-corrected chi connectivity index (χ1v) is 5.57. The fourth-order valence-electron chi connectivity index (χ4n) is 1.26. The largest absolute Gasteiger partial charge is 0.479 e. The number of aliphatic hydroxyl groups excluding tert-OH is 2. The molecule has 0 radical (unpaired) electrons. The molecule has 4 N–H and O–H groups in total. The number of carbonyl (C=O) groups excluding carboxylic acids is 1. The SMILES string of the molecule is CCCN(CCO)C(=O)NCCC(O)C(=O)O. The van der Waals surface area contributed by atoms with Crippen molar-refractivity contribution in [2.24, 2.45) is 0 Å². The van der Waals surface area contributed by atoms with E-state index in [1.807, 2.05) is 6.92 Å². The molecule has 0 heterocycles. The lowest BCUT2D eigenvalue weighted by Gasteiger charge is -2.21. The zero-order valence-corrected chi connectivity index (χ0v) is 9.93. The van der Waals surface area contributed by atoms with Gasteiger partial charge in [-0.05, 0) is 6.42 Å². The molecule has 0 fully saturated rings. The average molecular weight is 248 g/mol. The average Bonchev–Trinajstić information content (AvgIpc) is 2.28. The molecular formula is C10H20N2O5. The Bertz CT molecular complexity index is 241. The standard InChI is InChI=1S/C10H20N2O5/c1-2-5-12(6-7-13)10(17)11-4-3-8(14)9(15)16/h8,13-14H,2-7H2,1H3,(H,11,17)(H,15,16). The van der Waals surface area contributed by atoms with Gasteiger partial charge in [0.2, 0.25) is 0 Å².